The van der Waals surface area contributed by atoms with E-state index in [2.05, 4.69) is 15.9 Å². The molecule has 1 aliphatic heterocycles. The fourth-order valence-electron chi connectivity index (χ4n) is 3.37. The molecule has 2 aromatic carbocycles. The van der Waals surface area contributed by atoms with Crippen LogP contribution in [0, 0.1) is 11.7 Å². The molecule has 0 saturated carbocycles. The zero-order chi connectivity index (χ0) is 20.3. The van der Waals surface area contributed by atoms with E-state index in [1.54, 1.807) is 11.9 Å². The van der Waals surface area contributed by atoms with Crippen molar-refractivity contribution in [3.05, 3.63) is 64.4 Å². The highest BCUT2D eigenvalue weighted by atomic mass is 79.9. The quantitative estimate of drug-likeness (QED) is 0.672. The summed E-state index contributed by atoms with van der Waals surface area (Å²) in [6.45, 7) is 0.969. The maximum Gasteiger partial charge on any atom is 0.243 e. The monoisotopic (exact) mass is 468 g/mol. The second-order valence-electron chi connectivity index (χ2n) is 6.98. The third-order valence-electron chi connectivity index (χ3n) is 4.89. The number of hydrogen-bond acceptors (Lipinski definition) is 3. The summed E-state index contributed by atoms with van der Waals surface area (Å²) in [5.41, 5.74) is 1.01. The highest BCUT2D eigenvalue weighted by Gasteiger charge is 2.34. The van der Waals surface area contributed by atoms with Crippen molar-refractivity contribution in [2.45, 2.75) is 24.3 Å². The van der Waals surface area contributed by atoms with Crippen LogP contribution in [0.15, 0.2) is 57.9 Å². The molecule has 2 aromatic rings. The van der Waals surface area contributed by atoms with Crippen molar-refractivity contribution in [3.8, 4) is 0 Å². The van der Waals surface area contributed by atoms with Crippen LogP contribution in [0.1, 0.15) is 18.4 Å². The van der Waals surface area contributed by atoms with Gasteiger partial charge in [-0.15, -0.1) is 0 Å². The first-order chi connectivity index (χ1) is 13.3. The maximum atomic E-state index is 13.1. The number of halogens is 2. The van der Waals surface area contributed by atoms with Crippen LogP contribution in [0.25, 0.3) is 0 Å². The lowest BCUT2D eigenvalue weighted by Gasteiger charge is -2.33. The van der Waals surface area contributed by atoms with Crippen LogP contribution in [0.4, 0.5) is 4.39 Å². The summed E-state index contributed by atoms with van der Waals surface area (Å²) in [6.07, 6.45) is 1.27. The molecule has 0 aromatic heterocycles. The zero-order valence-electron chi connectivity index (χ0n) is 15.5. The molecule has 8 heteroatoms. The van der Waals surface area contributed by atoms with Gasteiger partial charge < -0.3 is 4.90 Å². The Balaban J connectivity index is 1.68. The predicted molar refractivity (Wildman–Crippen MR) is 108 cm³/mol. The van der Waals surface area contributed by atoms with Gasteiger partial charge in [0.15, 0.2) is 0 Å². The van der Waals surface area contributed by atoms with Gasteiger partial charge in [0.05, 0.1) is 10.8 Å². The molecule has 0 bridgehead atoms. The van der Waals surface area contributed by atoms with Crippen LogP contribution < -0.4 is 0 Å². The van der Waals surface area contributed by atoms with Crippen molar-refractivity contribution < 1.29 is 17.6 Å². The van der Waals surface area contributed by atoms with Crippen molar-refractivity contribution in [2.24, 2.45) is 5.92 Å². The summed E-state index contributed by atoms with van der Waals surface area (Å²) in [4.78, 5) is 14.6. The normalized spacial score (nSPS) is 18.0. The Hall–Kier alpha value is -1.77. The number of benzene rings is 2. The fourth-order valence-corrected chi connectivity index (χ4v) is 5.16. The summed E-state index contributed by atoms with van der Waals surface area (Å²) in [5, 5.41) is 0. The second-order valence-corrected chi connectivity index (χ2v) is 9.83. The van der Waals surface area contributed by atoms with Gasteiger partial charge in [-0.3, -0.25) is 4.79 Å². The van der Waals surface area contributed by atoms with Crippen molar-refractivity contribution in [2.75, 3.05) is 20.1 Å². The van der Waals surface area contributed by atoms with Gasteiger partial charge in [-0.25, -0.2) is 12.8 Å². The Labute approximate surface area is 173 Å². The largest absolute Gasteiger partial charge is 0.341 e. The smallest absolute Gasteiger partial charge is 0.243 e. The predicted octanol–water partition coefficient (Wildman–Crippen LogP) is 3.65. The number of rotatable bonds is 5. The molecule has 0 radical (unpaired) electrons. The lowest BCUT2D eigenvalue weighted by Crippen LogP contribution is -2.45. The molecule has 1 heterocycles. The number of carbonyl (C=O) groups excluding carboxylic acids is 1. The van der Waals surface area contributed by atoms with E-state index in [1.165, 1.54) is 16.4 Å². The molecule has 1 aliphatic rings. The van der Waals surface area contributed by atoms with E-state index in [4.69, 9.17) is 0 Å². The van der Waals surface area contributed by atoms with Gasteiger partial charge in [-0.1, -0.05) is 28.1 Å². The molecule has 28 heavy (non-hydrogen) atoms. The van der Waals surface area contributed by atoms with Crippen LogP contribution in [-0.4, -0.2) is 43.7 Å². The molecule has 0 aliphatic carbocycles. The van der Waals surface area contributed by atoms with Gasteiger partial charge in [0.25, 0.3) is 0 Å². The molecule has 1 unspecified atom stereocenters. The molecule has 5 nitrogen and oxygen atoms in total. The molecular weight excluding hydrogens is 447 g/mol. The van der Waals surface area contributed by atoms with Gasteiger partial charge in [-0.2, -0.15) is 4.31 Å². The van der Waals surface area contributed by atoms with Gasteiger partial charge in [-0.05, 0) is 54.8 Å². The van der Waals surface area contributed by atoms with Crippen LogP contribution >= 0.6 is 15.9 Å². The number of sulfonamides is 1. The first-order valence-corrected chi connectivity index (χ1v) is 11.3. The molecule has 0 spiro atoms. The van der Waals surface area contributed by atoms with Crippen molar-refractivity contribution >= 4 is 31.9 Å². The molecule has 150 valence electrons. The number of carbonyl (C=O) groups is 1. The van der Waals surface area contributed by atoms with E-state index < -0.39 is 15.8 Å². The third-order valence-corrected chi connectivity index (χ3v) is 7.30. The minimum atomic E-state index is -3.74. The van der Waals surface area contributed by atoms with E-state index in [-0.39, 0.29) is 23.3 Å². The number of hydrogen-bond donors (Lipinski definition) is 0. The SMILES string of the molecule is CN(Cc1ccc(Br)cc1)C(=O)C1CCCN(S(=O)(=O)c2ccc(F)cc2)C1. The lowest BCUT2D eigenvalue weighted by atomic mass is 9.98. The average molecular weight is 469 g/mol. The van der Waals surface area contributed by atoms with E-state index in [0.29, 0.717) is 25.9 Å². The molecule has 1 fully saturated rings. The van der Waals surface area contributed by atoms with Crippen molar-refractivity contribution in [1.29, 1.82) is 0 Å². The Morgan fingerprint density at radius 2 is 1.82 bits per heavy atom. The van der Waals surface area contributed by atoms with E-state index in [0.717, 1.165) is 22.2 Å². The van der Waals surface area contributed by atoms with Crippen molar-refractivity contribution in [3.63, 3.8) is 0 Å². The summed E-state index contributed by atoms with van der Waals surface area (Å²) < 4.78 is 41.1. The molecule has 0 N–H and O–H groups in total. The Morgan fingerprint density at radius 3 is 2.46 bits per heavy atom. The Morgan fingerprint density at radius 1 is 1.18 bits per heavy atom. The molecule has 1 amide bonds. The first kappa shape index (κ1) is 21.0. The Bertz CT molecular complexity index is 933. The highest BCUT2D eigenvalue weighted by Crippen LogP contribution is 2.25. The minimum absolute atomic E-state index is 0.0465. The van der Waals surface area contributed by atoms with E-state index >= 15 is 0 Å². The van der Waals surface area contributed by atoms with Gasteiger partial charge in [0, 0.05) is 31.2 Å². The summed E-state index contributed by atoms with van der Waals surface area (Å²) in [5.74, 6) is -0.938. The zero-order valence-corrected chi connectivity index (χ0v) is 17.9. The molecular formula is C20H22BrFN2O3S. The van der Waals surface area contributed by atoms with Gasteiger partial charge >= 0.3 is 0 Å². The summed E-state index contributed by atoms with van der Waals surface area (Å²) >= 11 is 3.39. The van der Waals surface area contributed by atoms with Crippen LogP contribution in [0.3, 0.4) is 0 Å². The first-order valence-electron chi connectivity index (χ1n) is 9.02. The number of piperidine rings is 1. The number of nitrogens with zero attached hydrogens (tertiary/aromatic N) is 2. The summed E-state index contributed by atoms with van der Waals surface area (Å²) in [6, 6.07) is 12.5. The fraction of sp³-hybridized carbons (Fsp3) is 0.350. The molecule has 1 saturated heterocycles. The van der Waals surface area contributed by atoms with E-state index in [1.807, 2.05) is 24.3 Å². The van der Waals surface area contributed by atoms with Crippen LogP contribution in [0.5, 0.6) is 0 Å². The van der Waals surface area contributed by atoms with Crippen molar-refractivity contribution in [1.82, 2.24) is 9.21 Å². The molecule has 1 atom stereocenters. The average Bonchev–Trinajstić information content (AvgIpc) is 2.69. The second kappa shape index (κ2) is 8.71. The van der Waals surface area contributed by atoms with Gasteiger partial charge in [0.1, 0.15) is 5.82 Å². The topological polar surface area (TPSA) is 57.7 Å². The Kier molecular flexibility index (Phi) is 6.52. The standard InChI is InChI=1S/C20H22BrFN2O3S/c1-23(13-15-4-6-17(21)7-5-15)20(25)16-3-2-12-24(14-16)28(26,27)19-10-8-18(22)9-11-19/h4-11,16H,2-3,12-14H2,1H3. The number of amides is 1. The van der Waals surface area contributed by atoms with Crippen LogP contribution in [-0.2, 0) is 21.4 Å². The van der Waals surface area contributed by atoms with Crippen LogP contribution in [0.2, 0.25) is 0 Å². The molecule has 3 rings (SSSR count). The van der Waals surface area contributed by atoms with Gasteiger partial charge in [0.2, 0.25) is 15.9 Å². The maximum absolute atomic E-state index is 13.1. The minimum Gasteiger partial charge on any atom is -0.341 e. The van der Waals surface area contributed by atoms with E-state index in [9.17, 15) is 17.6 Å². The highest BCUT2D eigenvalue weighted by molar-refractivity contribution is 9.10. The summed E-state index contributed by atoms with van der Waals surface area (Å²) in [7, 11) is -2.01. The lowest BCUT2D eigenvalue weighted by molar-refractivity contribution is -0.135. The third kappa shape index (κ3) is 4.79.